The topological polar surface area (TPSA) is 22.6 Å². The highest BCUT2D eigenvalue weighted by Crippen LogP contribution is 2.38. The summed E-state index contributed by atoms with van der Waals surface area (Å²) in [5, 5.41) is 9.53. The molecule has 11 aromatic rings. The lowest BCUT2D eigenvalue weighted by Crippen LogP contribution is -1.89. The molecule has 0 amide bonds. The van der Waals surface area contributed by atoms with Crippen LogP contribution < -0.4 is 0 Å². The minimum Gasteiger partial charge on any atom is -0.207 e. The van der Waals surface area contributed by atoms with E-state index in [1.165, 1.54) is 43.1 Å². The molecule has 2 nitrogen and oxygen atoms in total. The van der Waals surface area contributed by atoms with Gasteiger partial charge < -0.3 is 0 Å². The lowest BCUT2D eigenvalue weighted by molar-refractivity contribution is 0.582. The number of fused-ring (bicyclic) bond motifs is 4. The van der Waals surface area contributed by atoms with Crippen LogP contribution in [0, 0.1) is 0 Å². The van der Waals surface area contributed by atoms with E-state index in [0.717, 1.165) is 67.5 Å². The molecule has 2 heteroatoms. The van der Waals surface area contributed by atoms with Crippen LogP contribution >= 0.6 is 0 Å². The molecular weight excluding hydrogens is 705 g/mol. The average molecular weight is 741 g/mol. The van der Waals surface area contributed by atoms with Crippen LogP contribution in [0.3, 0.4) is 0 Å². The maximum atomic E-state index is 6.76. The van der Waals surface area contributed by atoms with Gasteiger partial charge in [-0.1, -0.05) is 146 Å². The molecule has 58 heavy (non-hydrogen) atoms. The Bertz CT molecular complexity index is 2920. The Hall–Kier alpha value is -7.68. The second kappa shape index (κ2) is 14.1. The van der Waals surface area contributed by atoms with Gasteiger partial charge in [-0.05, 0) is 103 Å². The molecule has 0 aliphatic rings. The predicted octanol–water partition coefficient (Wildman–Crippen LogP) is 16.0. The Kier molecular flexibility index (Phi) is 8.19. The van der Waals surface area contributed by atoms with Gasteiger partial charge in [0.2, 0.25) is 0 Å². The highest BCUT2D eigenvalue weighted by atomic mass is 16.3. The van der Waals surface area contributed by atoms with Crippen LogP contribution in [0.4, 0.5) is 0 Å². The van der Waals surface area contributed by atoms with Gasteiger partial charge in [-0.15, -0.1) is 0 Å². The summed E-state index contributed by atoms with van der Waals surface area (Å²) in [6.45, 7) is 0. The largest absolute Gasteiger partial charge is 0.361 e. The second-order valence-electron chi connectivity index (χ2n) is 15.0. The molecule has 270 valence electrons. The normalized spacial score (nSPS) is 11.4. The van der Waals surface area contributed by atoms with Gasteiger partial charge in [0.15, 0.2) is 0 Å². The average Bonchev–Trinajstić information content (AvgIpc) is 3.30. The standard InChI is InChI=1S/C56H36O2/c1-5-13-43-29-47(25-21-37(43)9-1)53-33-51(34-54(57-53)48-26-22-38-10-2-6-14-44(38)30-48)41-17-19-42(20-18-41)52-35-55(49-27-23-39-11-3-7-15-45(39)31-49)58-56(36-52)50-28-24-40-12-4-8-16-46(40)32-50/h1-36H/q+2. The zero-order chi connectivity index (χ0) is 38.4. The molecule has 2 aromatic heterocycles. The highest BCUT2D eigenvalue weighted by molar-refractivity contribution is 5.91. The molecule has 0 saturated carbocycles. The zero-order valence-electron chi connectivity index (χ0n) is 31.6. The summed E-state index contributed by atoms with van der Waals surface area (Å²) < 4.78 is 13.5. The molecule has 0 N–H and O–H groups in total. The van der Waals surface area contributed by atoms with Gasteiger partial charge in [0.1, 0.15) is 0 Å². The van der Waals surface area contributed by atoms with E-state index >= 15 is 0 Å². The Morgan fingerprint density at radius 2 is 0.397 bits per heavy atom. The third kappa shape index (κ3) is 6.37. The Morgan fingerprint density at radius 1 is 0.172 bits per heavy atom. The number of rotatable bonds is 6. The van der Waals surface area contributed by atoms with Crippen molar-refractivity contribution in [3.63, 3.8) is 0 Å². The summed E-state index contributed by atoms with van der Waals surface area (Å²) in [5.41, 5.74) is 8.53. The molecule has 9 aromatic carbocycles. The van der Waals surface area contributed by atoms with Crippen LogP contribution in [-0.4, -0.2) is 0 Å². The molecule has 2 heterocycles. The van der Waals surface area contributed by atoms with Crippen molar-refractivity contribution in [1.29, 1.82) is 0 Å². The molecule has 0 spiro atoms. The zero-order valence-corrected chi connectivity index (χ0v) is 31.6. The van der Waals surface area contributed by atoms with Crippen molar-refractivity contribution >= 4 is 43.1 Å². The van der Waals surface area contributed by atoms with Crippen molar-refractivity contribution < 1.29 is 8.83 Å². The van der Waals surface area contributed by atoms with E-state index in [1.807, 2.05) is 0 Å². The predicted molar refractivity (Wildman–Crippen MR) is 242 cm³/mol. The fourth-order valence-corrected chi connectivity index (χ4v) is 8.13. The first kappa shape index (κ1) is 33.6. The minimum atomic E-state index is 0.820. The van der Waals surface area contributed by atoms with Crippen LogP contribution in [0.25, 0.3) is 111 Å². The van der Waals surface area contributed by atoms with E-state index in [0.29, 0.717) is 0 Å². The number of hydrogen-bond acceptors (Lipinski definition) is 0. The summed E-state index contributed by atoms with van der Waals surface area (Å²) >= 11 is 0. The number of hydrogen-bond donors (Lipinski definition) is 0. The first-order chi connectivity index (χ1) is 28.7. The quantitative estimate of drug-likeness (QED) is 0.158. The van der Waals surface area contributed by atoms with Crippen LogP contribution in [0.15, 0.2) is 227 Å². The van der Waals surface area contributed by atoms with E-state index in [1.54, 1.807) is 0 Å². The molecular formula is C56H36O2+2. The van der Waals surface area contributed by atoms with Crippen LogP contribution in [0.5, 0.6) is 0 Å². The fraction of sp³-hybridized carbons (Fsp3) is 0. The molecule has 0 unspecified atom stereocenters. The van der Waals surface area contributed by atoms with Crippen LogP contribution in [0.1, 0.15) is 0 Å². The molecule has 0 fully saturated rings. The van der Waals surface area contributed by atoms with Gasteiger partial charge >= 0.3 is 23.0 Å². The van der Waals surface area contributed by atoms with Crippen LogP contribution in [-0.2, 0) is 0 Å². The smallest absolute Gasteiger partial charge is 0.207 e. The van der Waals surface area contributed by atoms with Crippen molar-refractivity contribution in [3.8, 4) is 67.5 Å². The molecule has 0 bridgehead atoms. The summed E-state index contributed by atoms with van der Waals surface area (Å²) in [4.78, 5) is 0. The summed E-state index contributed by atoms with van der Waals surface area (Å²) in [6, 6.07) is 77.5. The molecule has 0 atom stereocenters. The summed E-state index contributed by atoms with van der Waals surface area (Å²) in [7, 11) is 0. The van der Waals surface area contributed by atoms with E-state index in [4.69, 9.17) is 8.83 Å². The van der Waals surface area contributed by atoms with Gasteiger partial charge in [-0.3, -0.25) is 0 Å². The van der Waals surface area contributed by atoms with E-state index in [-0.39, 0.29) is 0 Å². The SMILES string of the molecule is c1ccc2cc(-c3cc(-c4ccc(-c5cc(-c6ccc7ccccc7c6)[o+]c(-c6ccc7ccccc7c6)c5)cc4)cc(-c4ccc5ccccc5c4)[o+]3)ccc2c1. The fourth-order valence-electron chi connectivity index (χ4n) is 8.13. The van der Waals surface area contributed by atoms with Gasteiger partial charge in [-0.25, -0.2) is 8.83 Å². The van der Waals surface area contributed by atoms with E-state index in [2.05, 4.69) is 218 Å². The molecule has 0 radical (unpaired) electrons. The third-order valence-corrected chi connectivity index (χ3v) is 11.3. The summed E-state index contributed by atoms with van der Waals surface area (Å²) in [6.07, 6.45) is 0. The molecule has 0 aliphatic heterocycles. The van der Waals surface area contributed by atoms with Crippen molar-refractivity contribution in [1.82, 2.24) is 0 Å². The van der Waals surface area contributed by atoms with Gasteiger partial charge in [-0.2, -0.15) is 0 Å². The van der Waals surface area contributed by atoms with Gasteiger partial charge in [0, 0.05) is 11.1 Å². The van der Waals surface area contributed by atoms with Gasteiger partial charge in [0.05, 0.1) is 46.5 Å². The Morgan fingerprint density at radius 3 is 0.655 bits per heavy atom. The molecule has 11 rings (SSSR count). The van der Waals surface area contributed by atoms with E-state index in [9.17, 15) is 0 Å². The second-order valence-corrected chi connectivity index (χ2v) is 15.0. The Balaban J connectivity index is 1.03. The van der Waals surface area contributed by atoms with Crippen LogP contribution in [0.2, 0.25) is 0 Å². The first-order valence-corrected chi connectivity index (χ1v) is 19.7. The lowest BCUT2D eigenvalue weighted by Gasteiger charge is -2.07. The maximum absolute atomic E-state index is 6.76. The minimum absolute atomic E-state index is 0.820. The van der Waals surface area contributed by atoms with Crippen molar-refractivity contribution in [2.45, 2.75) is 0 Å². The van der Waals surface area contributed by atoms with Crippen molar-refractivity contribution in [3.05, 3.63) is 218 Å². The van der Waals surface area contributed by atoms with Crippen molar-refractivity contribution in [2.24, 2.45) is 0 Å². The van der Waals surface area contributed by atoms with E-state index < -0.39 is 0 Å². The highest BCUT2D eigenvalue weighted by Gasteiger charge is 2.24. The summed E-state index contributed by atoms with van der Waals surface area (Å²) in [5.74, 6) is 3.28. The lowest BCUT2D eigenvalue weighted by atomic mass is 9.96. The van der Waals surface area contributed by atoms with Crippen molar-refractivity contribution in [2.75, 3.05) is 0 Å². The van der Waals surface area contributed by atoms with Gasteiger partial charge in [0.25, 0.3) is 0 Å². The third-order valence-electron chi connectivity index (χ3n) is 11.3. The Labute approximate surface area is 336 Å². The number of benzene rings is 9. The molecule has 0 aliphatic carbocycles. The molecule has 0 saturated heterocycles. The monoisotopic (exact) mass is 740 g/mol. The first-order valence-electron chi connectivity index (χ1n) is 19.7. The maximum Gasteiger partial charge on any atom is 0.361 e.